The zero-order valence-corrected chi connectivity index (χ0v) is 13.5. The zero-order valence-electron chi connectivity index (χ0n) is 11.9. The van der Waals surface area contributed by atoms with Gasteiger partial charge in [0, 0.05) is 4.47 Å². The second-order valence-electron chi connectivity index (χ2n) is 4.48. The van der Waals surface area contributed by atoms with Gasteiger partial charge in [-0.3, -0.25) is 10.1 Å². The van der Waals surface area contributed by atoms with Gasteiger partial charge in [0.15, 0.2) is 11.5 Å². The van der Waals surface area contributed by atoms with Gasteiger partial charge >= 0.3 is 0 Å². The third kappa shape index (κ3) is 3.20. The maximum atomic E-state index is 11.3. The fraction of sp³-hybridized carbons (Fsp3) is 0.200. The van der Waals surface area contributed by atoms with Crippen molar-refractivity contribution in [1.82, 2.24) is 0 Å². The molecule has 1 unspecified atom stereocenters. The number of nitrogens with zero attached hydrogens (tertiary/aromatic N) is 1. The highest BCUT2D eigenvalue weighted by atomic mass is 79.9. The van der Waals surface area contributed by atoms with E-state index in [0.29, 0.717) is 11.3 Å². The van der Waals surface area contributed by atoms with Crippen molar-refractivity contribution in [3.8, 4) is 11.5 Å². The quantitative estimate of drug-likeness (QED) is 0.646. The largest absolute Gasteiger partial charge is 0.493 e. The van der Waals surface area contributed by atoms with Gasteiger partial charge in [-0.2, -0.15) is 0 Å². The van der Waals surface area contributed by atoms with Crippen LogP contribution >= 0.6 is 15.9 Å². The Hall–Kier alpha value is -2.12. The first-order valence-electron chi connectivity index (χ1n) is 6.31. The molecule has 22 heavy (non-hydrogen) atoms. The van der Waals surface area contributed by atoms with Gasteiger partial charge in [0.25, 0.3) is 5.69 Å². The van der Waals surface area contributed by atoms with Crippen molar-refractivity contribution in [2.75, 3.05) is 14.2 Å². The topological polar surface area (TPSA) is 81.8 Å². The highest BCUT2D eigenvalue weighted by Gasteiger charge is 2.25. The maximum Gasteiger partial charge on any atom is 0.279 e. The summed E-state index contributed by atoms with van der Waals surface area (Å²) < 4.78 is 11.1. The molecule has 116 valence electrons. The summed E-state index contributed by atoms with van der Waals surface area (Å²) in [6.45, 7) is 0. The molecular weight excluding hydrogens is 354 g/mol. The molecule has 0 aliphatic rings. The Kier molecular flexibility index (Phi) is 4.99. The Morgan fingerprint density at radius 3 is 2.18 bits per heavy atom. The zero-order chi connectivity index (χ0) is 16.3. The van der Waals surface area contributed by atoms with E-state index in [1.807, 2.05) is 0 Å². The number of benzene rings is 2. The Bertz CT molecular complexity index is 687. The summed E-state index contributed by atoms with van der Waals surface area (Å²) in [5, 5.41) is 21.7. The molecule has 0 saturated carbocycles. The molecule has 2 aromatic rings. The second-order valence-corrected chi connectivity index (χ2v) is 5.39. The van der Waals surface area contributed by atoms with Gasteiger partial charge in [0.2, 0.25) is 0 Å². The highest BCUT2D eigenvalue weighted by molar-refractivity contribution is 9.10. The lowest BCUT2D eigenvalue weighted by Crippen LogP contribution is -2.05. The van der Waals surface area contributed by atoms with Crippen LogP contribution in [0.2, 0.25) is 0 Å². The number of halogens is 1. The molecule has 0 aliphatic carbocycles. The third-order valence-corrected chi connectivity index (χ3v) is 3.74. The normalized spacial score (nSPS) is 11.8. The molecule has 0 heterocycles. The number of nitro benzene ring substituents is 1. The molecule has 2 aromatic carbocycles. The summed E-state index contributed by atoms with van der Waals surface area (Å²) in [4.78, 5) is 10.7. The summed E-state index contributed by atoms with van der Waals surface area (Å²) in [6, 6.07) is 9.56. The molecule has 0 saturated heterocycles. The fourth-order valence-electron chi connectivity index (χ4n) is 2.09. The van der Waals surface area contributed by atoms with Crippen LogP contribution < -0.4 is 9.47 Å². The van der Waals surface area contributed by atoms with E-state index in [2.05, 4.69) is 15.9 Å². The molecule has 1 atom stereocenters. The van der Waals surface area contributed by atoms with E-state index >= 15 is 0 Å². The second kappa shape index (κ2) is 6.76. The summed E-state index contributed by atoms with van der Waals surface area (Å²) in [5.41, 5.74) is 0.455. The summed E-state index contributed by atoms with van der Waals surface area (Å²) in [5.74, 6) is 0.556. The van der Waals surface area contributed by atoms with Crippen molar-refractivity contribution < 1.29 is 19.5 Å². The van der Waals surface area contributed by atoms with Gasteiger partial charge in [-0.05, 0) is 23.8 Å². The van der Waals surface area contributed by atoms with Crippen LogP contribution in [-0.2, 0) is 0 Å². The molecule has 0 aromatic heterocycles. The molecule has 2 rings (SSSR count). The average Bonchev–Trinajstić information content (AvgIpc) is 2.53. The van der Waals surface area contributed by atoms with E-state index in [1.54, 1.807) is 24.3 Å². The van der Waals surface area contributed by atoms with E-state index in [1.165, 1.54) is 26.4 Å². The van der Waals surface area contributed by atoms with Gasteiger partial charge in [-0.15, -0.1) is 0 Å². The predicted octanol–water partition coefficient (Wildman–Crippen LogP) is 3.46. The number of aliphatic hydroxyl groups is 1. The van der Waals surface area contributed by atoms with Crippen molar-refractivity contribution in [2.45, 2.75) is 6.10 Å². The Morgan fingerprint density at radius 2 is 1.68 bits per heavy atom. The number of ether oxygens (including phenoxy) is 2. The van der Waals surface area contributed by atoms with E-state index in [4.69, 9.17) is 9.47 Å². The predicted molar refractivity (Wildman–Crippen MR) is 84.4 cm³/mol. The summed E-state index contributed by atoms with van der Waals surface area (Å²) in [7, 11) is 2.83. The average molecular weight is 368 g/mol. The van der Waals surface area contributed by atoms with E-state index in [9.17, 15) is 15.2 Å². The standard InChI is InChI=1S/C15H14BrNO5/c1-21-13-7-11(12(17(19)20)8-14(13)22-2)15(18)9-3-5-10(16)6-4-9/h3-8,15,18H,1-2H3. The number of methoxy groups -OCH3 is 2. The van der Waals surface area contributed by atoms with E-state index in [0.717, 1.165) is 4.47 Å². The highest BCUT2D eigenvalue weighted by Crippen LogP contribution is 2.39. The van der Waals surface area contributed by atoms with Crippen molar-refractivity contribution in [2.24, 2.45) is 0 Å². The van der Waals surface area contributed by atoms with Crippen LogP contribution in [0.15, 0.2) is 40.9 Å². The molecule has 0 radical (unpaired) electrons. The minimum Gasteiger partial charge on any atom is -0.493 e. The lowest BCUT2D eigenvalue weighted by Gasteiger charge is -2.15. The van der Waals surface area contributed by atoms with Crippen LogP contribution in [-0.4, -0.2) is 24.2 Å². The SMILES string of the molecule is COc1cc(C(O)c2ccc(Br)cc2)c([N+](=O)[O-])cc1OC. The van der Waals surface area contributed by atoms with Crippen molar-refractivity contribution in [1.29, 1.82) is 0 Å². The number of nitro groups is 1. The molecule has 6 nitrogen and oxygen atoms in total. The minimum atomic E-state index is -1.15. The van der Waals surface area contributed by atoms with Crippen LogP contribution in [0.3, 0.4) is 0 Å². The lowest BCUT2D eigenvalue weighted by molar-refractivity contribution is -0.386. The fourth-order valence-corrected chi connectivity index (χ4v) is 2.35. The van der Waals surface area contributed by atoms with Crippen molar-refractivity contribution in [3.63, 3.8) is 0 Å². The van der Waals surface area contributed by atoms with E-state index in [-0.39, 0.29) is 17.0 Å². The minimum absolute atomic E-state index is 0.143. The molecule has 0 spiro atoms. The number of hydrogen-bond acceptors (Lipinski definition) is 5. The first kappa shape index (κ1) is 16.3. The van der Waals surface area contributed by atoms with E-state index < -0.39 is 11.0 Å². The van der Waals surface area contributed by atoms with Crippen molar-refractivity contribution in [3.05, 3.63) is 62.1 Å². The number of hydrogen-bond donors (Lipinski definition) is 1. The number of aliphatic hydroxyl groups excluding tert-OH is 1. The van der Waals surface area contributed by atoms with Gasteiger partial charge in [-0.25, -0.2) is 0 Å². The Balaban J connectivity index is 2.56. The monoisotopic (exact) mass is 367 g/mol. The summed E-state index contributed by atoms with van der Waals surface area (Å²) >= 11 is 3.30. The maximum absolute atomic E-state index is 11.3. The van der Waals surface area contributed by atoms with Crippen LogP contribution in [0.4, 0.5) is 5.69 Å². The van der Waals surface area contributed by atoms with Crippen LogP contribution in [0.25, 0.3) is 0 Å². The molecule has 0 amide bonds. The molecular formula is C15H14BrNO5. The Labute approximate surface area is 135 Å². The third-order valence-electron chi connectivity index (χ3n) is 3.21. The first-order chi connectivity index (χ1) is 10.5. The number of rotatable bonds is 5. The van der Waals surface area contributed by atoms with Crippen molar-refractivity contribution >= 4 is 21.6 Å². The molecule has 1 N–H and O–H groups in total. The first-order valence-corrected chi connectivity index (χ1v) is 7.11. The van der Waals surface area contributed by atoms with Crippen LogP contribution in [0, 0.1) is 10.1 Å². The van der Waals surface area contributed by atoms with Crippen LogP contribution in [0.1, 0.15) is 17.2 Å². The lowest BCUT2D eigenvalue weighted by atomic mass is 9.99. The Morgan fingerprint density at radius 1 is 1.14 bits per heavy atom. The smallest absolute Gasteiger partial charge is 0.279 e. The summed E-state index contributed by atoms with van der Waals surface area (Å²) in [6.07, 6.45) is -1.15. The van der Waals surface area contributed by atoms with Gasteiger partial charge in [-0.1, -0.05) is 28.1 Å². The van der Waals surface area contributed by atoms with Gasteiger partial charge in [0.05, 0.1) is 30.8 Å². The molecule has 0 fully saturated rings. The molecule has 0 aliphatic heterocycles. The van der Waals surface area contributed by atoms with Gasteiger partial charge in [0.1, 0.15) is 6.10 Å². The molecule has 0 bridgehead atoms. The molecule has 7 heteroatoms. The van der Waals surface area contributed by atoms with Gasteiger partial charge < -0.3 is 14.6 Å². The van der Waals surface area contributed by atoms with Crippen LogP contribution in [0.5, 0.6) is 11.5 Å².